The van der Waals surface area contributed by atoms with Crippen molar-refractivity contribution < 1.29 is 14.3 Å². The van der Waals surface area contributed by atoms with E-state index in [0.717, 1.165) is 18.9 Å². The van der Waals surface area contributed by atoms with E-state index in [1.807, 2.05) is 37.3 Å². The number of carbonyl (C=O) groups excluding carboxylic acids is 1. The topological polar surface area (TPSA) is 49.3 Å². The van der Waals surface area contributed by atoms with Gasteiger partial charge in [-0.25, -0.2) is 4.39 Å². The highest BCUT2D eigenvalue weighted by molar-refractivity contribution is 5.97. The Hall–Kier alpha value is -2.36. The first-order valence-corrected chi connectivity index (χ1v) is 6.90. The van der Waals surface area contributed by atoms with Crippen LogP contribution < -0.4 is 5.32 Å². The average Bonchev–Trinajstić information content (AvgIpc) is 2.46. The van der Waals surface area contributed by atoms with Gasteiger partial charge in [-0.1, -0.05) is 36.4 Å². The molecule has 110 valence electrons. The van der Waals surface area contributed by atoms with Crippen LogP contribution in [0.4, 0.5) is 4.39 Å². The smallest absolute Gasteiger partial charge is 0.258 e. The molecule has 2 N–H and O–H groups in total. The quantitative estimate of drug-likeness (QED) is 0.886. The molecule has 0 bridgehead atoms. The molecule has 2 aromatic carbocycles. The van der Waals surface area contributed by atoms with Crippen LogP contribution in [0.2, 0.25) is 0 Å². The minimum Gasteiger partial charge on any atom is -0.507 e. The fourth-order valence-corrected chi connectivity index (χ4v) is 2.13. The van der Waals surface area contributed by atoms with Crippen LogP contribution in [0.25, 0.3) is 0 Å². The van der Waals surface area contributed by atoms with Gasteiger partial charge in [-0.3, -0.25) is 4.79 Å². The molecule has 2 aromatic rings. The Morgan fingerprint density at radius 3 is 2.57 bits per heavy atom. The van der Waals surface area contributed by atoms with Gasteiger partial charge < -0.3 is 10.4 Å². The number of phenolic OH excluding ortho intramolecular Hbond substituents is 1. The minimum absolute atomic E-state index is 0.114. The van der Waals surface area contributed by atoms with E-state index in [-0.39, 0.29) is 17.4 Å². The maximum absolute atomic E-state index is 13.6. The van der Waals surface area contributed by atoms with Crippen molar-refractivity contribution in [2.45, 2.75) is 25.8 Å². The summed E-state index contributed by atoms with van der Waals surface area (Å²) >= 11 is 0. The van der Waals surface area contributed by atoms with Crippen molar-refractivity contribution in [1.82, 2.24) is 5.32 Å². The van der Waals surface area contributed by atoms with Gasteiger partial charge in [0.25, 0.3) is 5.91 Å². The first kappa shape index (κ1) is 15.0. The molecule has 0 fully saturated rings. The summed E-state index contributed by atoms with van der Waals surface area (Å²) in [5.41, 5.74) is 0.886. The van der Waals surface area contributed by atoms with Crippen molar-refractivity contribution in [2.75, 3.05) is 0 Å². The molecule has 0 spiro atoms. The van der Waals surface area contributed by atoms with Gasteiger partial charge in [-0.05, 0) is 37.5 Å². The van der Waals surface area contributed by atoms with E-state index in [0.29, 0.717) is 0 Å². The summed E-state index contributed by atoms with van der Waals surface area (Å²) in [6.07, 6.45) is 1.57. The van der Waals surface area contributed by atoms with Gasteiger partial charge in [0.2, 0.25) is 0 Å². The van der Waals surface area contributed by atoms with Gasteiger partial charge in [0.15, 0.2) is 0 Å². The second kappa shape index (κ2) is 6.88. The maximum atomic E-state index is 13.6. The highest BCUT2D eigenvalue weighted by Crippen LogP contribution is 2.19. The van der Waals surface area contributed by atoms with Crippen molar-refractivity contribution in [3.8, 4) is 5.75 Å². The van der Waals surface area contributed by atoms with Gasteiger partial charge in [0.05, 0.1) is 0 Å². The van der Waals surface area contributed by atoms with E-state index < -0.39 is 11.7 Å². The summed E-state index contributed by atoms with van der Waals surface area (Å²) in [4.78, 5) is 12.0. The normalized spacial score (nSPS) is 11.9. The Morgan fingerprint density at radius 2 is 1.90 bits per heavy atom. The predicted molar refractivity (Wildman–Crippen MR) is 79.8 cm³/mol. The third kappa shape index (κ3) is 4.05. The molecule has 0 heterocycles. The van der Waals surface area contributed by atoms with E-state index in [1.165, 1.54) is 17.7 Å². The van der Waals surface area contributed by atoms with Crippen LogP contribution in [0.15, 0.2) is 48.5 Å². The number of phenols is 1. The van der Waals surface area contributed by atoms with Crippen LogP contribution in [0.1, 0.15) is 29.3 Å². The number of benzene rings is 2. The molecule has 0 aliphatic heterocycles. The Bertz CT molecular complexity index is 593. The summed E-state index contributed by atoms with van der Waals surface area (Å²) in [5, 5.41) is 12.3. The van der Waals surface area contributed by atoms with E-state index in [1.54, 1.807) is 0 Å². The first-order valence-electron chi connectivity index (χ1n) is 6.90. The van der Waals surface area contributed by atoms with Crippen molar-refractivity contribution in [3.63, 3.8) is 0 Å². The van der Waals surface area contributed by atoms with Gasteiger partial charge in [0.1, 0.15) is 17.1 Å². The molecule has 0 radical (unpaired) electrons. The van der Waals surface area contributed by atoms with E-state index in [4.69, 9.17) is 0 Å². The SMILES string of the molecule is CC(CCc1ccccc1)NC(=O)c1c(O)cccc1F. The first-order chi connectivity index (χ1) is 10.1. The fourth-order valence-electron chi connectivity index (χ4n) is 2.13. The zero-order valence-electron chi connectivity index (χ0n) is 11.8. The van der Waals surface area contributed by atoms with Crippen molar-refractivity contribution in [3.05, 3.63) is 65.5 Å². The molecule has 1 amide bonds. The third-order valence-electron chi connectivity index (χ3n) is 3.31. The molecule has 1 unspecified atom stereocenters. The third-order valence-corrected chi connectivity index (χ3v) is 3.31. The Morgan fingerprint density at radius 1 is 1.19 bits per heavy atom. The second-order valence-electron chi connectivity index (χ2n) is 5.03. The lowest BCUT2D eigenvalue weighted by Gasteiger charge is -2.14. The van der Waals surface area contributed by atoms with E-state index in [9.17, 15) is 14.3 Å². The lowest BCUT2D eigenvalue weighted by molar-refractivity contribution is 0.0931. The lowest BCUT2D eigenvalue weighted by atomic mass is 10.1. The molecule has 21 heavy (non-hydrogen) atoms. The highest BCUT2D eigenvalue weighted by atomic mass is 19.1. The summed E-state index contributed by atoms with van der Waals surface area (Å²) in [5.74, 6) is -1.66. The van der Waals surface area contributed by atoms with Crippen molar-refractivity contribution in [2.24, 2.45) is 0 Å². The monoisotopic (exact) mass is 287 g/mol. The summed E-state index contributed by atoms with van der Waals surface area (Å²) in [7, 11) is 0. The molecule has 0 saturated carbocycles. The number of aryl methyl sites for hydroxylation is 1. The van der Waals surface area contributed by atoms with E-state index >= 15 is 0 Å². The molecule has 0 aliphatic carbocycles. The van der Waals surface area contributed by atoms with Crippen molar-refractivity contribution in [1.29, 1.82) is 0 Å². The molecule has 3 nitrogen and oxygen atoms in total. The molecule has 0 aliphatic rings. The van der Waals surface area contributed by atoms with Gasteiger partial charge in [-0.2, -0.15) is 0 Å². The molecular formula is C17H18FNO2. The van der Waals surface area contributed by atoms with Crippen LogP contribution >= 0.6 is 0 Å². The number of aromatic hydroxyl groups is 1. The van der Waals surface area contributed by atoms with Gasteiger partial charge in [0, 0.05) is 6.04 Å². The number of rotatable bonds is 5. The zero-order chi connectivity index (χ0) is 15.2. The van der Waals surface area contributed by atoms with Crippen LogP contribution in [-0.2, 0) is 6.42 Å². The number of nitrogens with one attached hydrogen (secondary N) is 1. The summed E-state index contributed by atoms with van der Waals surface area (Å²) in [6.45, 7) is 1.86. The van der Waals surface area contributed by atoms with Gasteiger partial charge in [-0.15, -0.1) is 0 Å². The molecule has 2 rings (SSSR count). The Balaban J connectivity index is 1.93. The molecule has 4 heteroatoms. The molecular weight excluding hydrogens is 269 g/mol. The second-order valence-corrected chi connectivity index (χ2v) is 5.03. The van der Waals surface area contributed by atoms with Crippen molar-refractivity contribution >= 4 is 5.91 Å². The van der Waals surface area contributed by atoms with Crippen LogP contribution in [0, 0.1) is 5.82 Å². The molecule has 1 atom stereocenters. The Kier molecular flexibility index (Phi) is 4.93. The van der Waals surface area contributed by atoms with Gasteiger partial charge >= 0.3 is 0 Å². The van der Waals surface area contributed by atoms with E-state index in [2.05, 4.69) is 5.32 Å². The summed E-state index contributed by atoms with van der Waals surface area (Å²) < 4.78 is 13.6. The number of hydrogen-bond acceptors (Lipinski definition) is 2. The molecule has 0 saturated heterocycles. The fraction of sp³-hybridized carbons (Fsp3) is 0.235. The number of amides is 1. The molecule has 0 aromatic heterocycles. The predicted octanol–water partition coefficient (Wildman–Crippen LogP) is 3.28. The van der Waals surface area contributed by atoms with Crippen LogP contribution in [0.5, 0.6) is 5.75 Å². The number of carbonyl (C=O) groups is 1. The number of hydrogen-bond donors (Lipinski definition) is 2. The maximum Gasteiger partial charge on any atom is 0.258 e. The zero-order valence-corrected chi connectivity index (χ0v) is 11.8. The standard InChI is InChI=1S/C17H18FNO2/c1-12(10-11-13-6-3-2-4-7-13)19-17(21)16-14(18)8-5-9-15(16)20/h2-9,12,20H,10-11H2,1H3,(H,19,21). The summed E-state index contributed by atoms with van der Waals surface area (Å²) in [6, 6.07) is 13.6. The van der Waals surface area contributed by atoms with Crippen LogP contribution in [-0.4, -0.2) is 17.1 Å². The Labute approximate surface area is 123 Å². The minimum atomic E-state index is -0.720. The average molecular weight is 287 g/mol. The largest absolute Gasteiger partial charge is 0.507 e. The number of halogens is 1. The lowest BCUT2D eigenvalue weighted by Crippen LogP contribution is -2.33. The highest BCUT2D eigenvalue weighted by Gasteiger charge is 2.18. The van der Waals surface area contributed by atoms with Crippen LogP contribution in [0.3, 0.4) is 0 Å².